The van der Waals surface area contributed by atoms with Crippen molar-refractivity contribution in [1.82, 2.24) is 4.90 Å². The smallest absolute Gasteiger partial charge is 0.401 e. The van der Waals surface area contributed by atoms with E-state index in [1.165, 1.54) is 4.90 Å². The summed E-state index contributed by atoms with van der Waals surface area (Å²) in [5.74, 6) is -0.656. The molecule has 1 saturated carbocycles. The van der Waals surface area contributed by atoms with Crippen molar-refractivity contribution in [2.75, 3.05) is 13.1 Å². The Kier molecular flexibility index (Phi) is 3.34. The van der Waals surface area contributed by atoms with Crippen LogP contribution in [0.1, 0.15) is 25.7 Å². The summed E-state index contributed by atoms with van der Waals surface area (Å²) < 4.78 is 37.0. The van der Waals surface area contributed by atoms with Gasteiger partial charge in [0.15, 0.2) is 0 Å². The van der Waals surface area contributed by atoms with E-state index in [0.717, 1.165) is 12.8 Å². The van der Waals surface area contributed by atoms with E-state index < -0.39 is 18.7 Å². The van der Waals surface area contributed by atoms with Crippen LogP contribution in [0.4, 0.5) is 13.2 Å². The Labute approximate surface area is 97.6 Å². The Morgan fingerprint density at radius 3 is 2.65 bits per heavy atom. The van der Waals surface area contributed by atoms with Gasteiger partial charge in [0, 0.05) is 19.0 Å². The first-order chi connectivity index (χ1) is 7.85. The molecule has 1 N–H and O–H groups in total. The number of carbonyl (C=O) groups is 1. The van der Waals surface area contributed by atoms with E-state index in [0.29, 0.717) is 13.0 Å². The third-order valence-electron chi connectivity index (χ3n) is 3.92. The molecule has 0 aromatic heterocycles. The van der Waals surface area contributed by atoms with Gasteiger partial charge in [-0.3, -0.25) is 9.69 Å². The number of rotatable bonds is 3. The summed E-state index contributed by atoms with van der Waals surface area (Å²) in [6.07, 6.45) is -1.88. The molecule has 98 valence electrons. The second-order valence-electron chi connectivity index (χ2n) is 5.13. The molecule has 2 rings (SSSR count). The average Bonchev–Trinajstić information content (AvgIpc) is 2.46. The number of alkyl halides is 3. The number of fused-ring (bicyclic) bond motifs is 2. The minimum Gasteiger partial charge on any atom is -0.481 e. The van der Waals surface area contributed by atoms with E-state index in [1.54, 1.807) is 0 Å². The molecule has 0 aromatic rings. The molecule has 0 spiro atoms. The Morgan fingerprint density at radius 1 is 1.35 bits per heavy atom. The number of hydrogen-bond donors (Lipinski definition) is 1. The Hall–Kier alpha value is -0.780. The zero-order chi connectivity index (χ0) is 12.6. The van der Waals surface area contributed by atoms with Gasteiger partial charge >= 0.3 is 12.1 Å². The van der Waals surface area contributed by atoms with Crippen molar-refractivity contribution in [3.05, 3.63) is 0 Å². The van der Waals surface area contributed by atoms with Crippen LogP contribution in [0.25, 0.3) is 0 Å². The molecule has 0 amide bonds. The van der Waals surface area contributed by atoms with Crippen molar-refractivity contribution >= 4 is 5.97 Å². The van der Waals surface area contributed by atoms with Gasteiger partial charge in [0.1, 0.15) is 0 Å². The van der Waals surface area contributed by atoms with E-state index in [4.69, 9.17) is 5.11 Å². The van der Waals surface area contributed by atoms with Crippen LogP contribution >= 0.6 is 0 Å². The highest BCUT2D eigenvalue weighted by molar-refractivity contribution is 5.67. The van der Waals surface area contributed by atoms with Gasteiger partial charge in [-0.15, -0.1) is 0 Å². The van der Waals surface area contributed by atoms with Gasteiger partial charge in [-0.25, -0.2) is 0 Å². The van der Waals surface area contributed by atoms with Crippen molar-refractivity contribution < 1.29 is 23.1 Å². The predicted molar refractivity (Wildman–Crippen MR) is 54.5 cm³/mol. The zero-order valence-electron chi connectivity index (χ0n) is 9.41. The topological polar surface area (TPSA) is 40.5 Å². The highest BCUT2D eigenvalue weighted by Gasteiger charge is 2.44. The Morgan fingerprint density at radius 2 is 2.06 bits per heavy atom. The van der Waals surface area contributed by atoms with Crippen LogP contribution in [0.15, 0.2) is 0 Å². The third kappa shape index (κ3) is 3.12. The van der Waals surface area contributed by atoms with Crippen LogP contribution in [-0.4, -0.2) is 41.3 Å². The largest absolute Gasteiger partial charge is 0.481 e. The monoisotopic (exact) mass is 251 g/mol. The van der Waals surface area contributed by atoms with Gasteiger partial charge in [-0.05, 0) is 31.1 Å². The van der Waals surface area contributed by atoms with Gasteiger partial charge in [0.2, 0.25) is 0 Å². The highest BCUT2D eigenvalue weighted by Crippen LogP contribution is 2.41. The van der Waals surface area contributed by atoms with E-state index in [2.05, 4.69) is 0 Å². The quantitative estimate of drug-likeness (QED) is 0.835. The minimum atomic E-state index is -4.15. The molecular weight excluding hydrogens is 235 g/mol. The average molecular weight is 251 g/mol. The van der Waals surface area contributed by atoms with Crippen molar-refractivity contribution in [2.45, 2.75) is 37.9 Å². The molecule has 1 aliphatic carbocycles. The van der Waals surface area contributed by atoms with Crippen LogP contribution < -0.4 is 0 Å². The summed E-state index contributed by atoms with van der Waals surface area (Å²) in [5, 5.41) is 8.75. The number of hydrogen-bond acceptors (Lipinski definition) is 2. The standard InChI is InChI=1S/C11H16F3NO2/c12-11(13,14)6-15-5-8-3-9(15)2-1-7(8)4-10(16)17/h7-9H,1-6H2,(H,16,17). The second-order valence-corrected chi connectivity index (χ2v) is 5.13. The fourth-order valence-corrected chi connectivity index (χ4v) is 3.22. The normalized spacial score (nSPS) is 33.9. The summed E-state index contributed by atoms with van der Waals surface area (Å²) in [6.45, 7) is -0.448. The summed E-state index contributed by atoms with van der Waals surface area (Å²) >= 11 is 0. The molecule has 1 aliphatic heterocycles. The number of likely N-dealkylation sites (tertiary alicyclic amines) is 1. The molecule has 17 heavy (non-hydrogen) atoms. The van der Waals surface area contributed by atoms with E-state index in [9.17, 15) is 18.0 Å². The highest BCUT2D eigenvalue weighted by atomic mass is 19.4. The van der Waals surface area contributed by atoms with Gasteiger partial charge in [-0.2, -0.15) is 13.2 Å². The van der Waals surface area contributed by atoms with Gasteiger partial charge < -0.3 is 5.11 Å². The van der Waals surface area contributed by atoms with Gasteiger partial charge in [0.25, 0.3) is 0 Å². The lowest BCUT2D eigenvalue weighted by Gasteiger charge is -2.28. The first-order valence-electron chi connectivity index (χ1n) is 5.88. The molecule has 2 fully saturated rings. The molecule has 1 heterocycles. The molecule has 0 radical (unpaired) electrons. The third-order valence-corrected chi connectivity index (χ3v) is 3.92. The summed E-state index contributed by atoms with van der Waals surface area (Å²) in [7, 11) is 0. The first-order valence-corrected chi connectivity index (χ1v) is 5.88. The molecular formula is C11H16F3NO2. The first kappa shape index (κ1) is 12.7. The van der Waals surface area contributed by atoms with Crippen LogP contribution in [0.2, 0.25) is 0 Å². The van der Waals surface area contributed by atoms with E-state index in [1.807, 2.05) is 0 Å². The molecule has 1 saturated heterocycles. The minimum absolute atomic E-state index is 0.00618. The van der Waals surface area contributed by atoms with Crippen molar-refractivity contribution in [1.29, 1.82) is 0 Å². The maximum Gasteiger partial charge on any atom is 0.401 e. The number of nitrogens with zero attached hydrogens (tertiary/aromatic N) is 1. The van der Waals surface area contributed by atoms with E-state index >= 15 is 0 Å². The second kappa shape index (κ2) is 4.48. The van der Waals surface area contributed by atoms with Crippen LogP contribution in [0.5, 0.6) is 0 Å². The van der Waals surface area contributed by atoms with Crippen molar-refractivity contribution in [3.63, 3.8) is 0 Å². The summed E-state index contributed by atoms with van der Waals surface area (Å²) in [4.78, 5) is 12.1. The number of carboxylic acid groups (broad SMARTS) is 1. The molecule has 3 nitrogen and oxygen atoms in total. The summed E-state index contributed by atoms with van der Waals surface area (Å²) in [6, 6.07) is 0.00618. The number of carboxylic acids is 1. The van der Waals surface area contributed by atoms with Crippen LogP contribution in [-0.2, 0) is 4.79 Å². The van der Waals surface area contributed by atoms with Crippen LogP contribution in [0, 0.1) is 11.8 Å². The SMILES string of the molecule is O=C(O)CC1CCC2CC1CN2CC(F)(F)F. The van der Waals surface area contributed by atoms with Crippen molar-refractivity contribution in [3.8, 4) is 0 Å². The van der Waals surface area contributed by atoms with Crippen molar-refractivity contribution in [2.24, 2.45) is 11.8 Å². The number of aliphatic carboxylic acids is 1. The predicted octanol–water partition coefficient (Wildman–Crippen LogP) is 2.12. The molecule has 2 bridgehead atoms. The molecule has 0 aromatic carbocycles. The van der Waals surface area contributed by atoms with E-state index in [-0.39, 0.29) is 24.3 Å². The molecule has 3 unspecified atom stereocenters. The zero-order valence-corrected chi connectivity index (χ0v) is 9.41. The maximum absolute atomic E-state index is 12.3. The molecule has 6 heteroatoms. The Bertz CT molecular complexity index is 306. The van der Waals surface area contributed by atoms with Gasteiger partial charge in [-0.1, -0.05) is 0 Å². The number of halogens is 3. The lowest BCUT2D eigenvalue weighted by molar-refractivity contribution is -0.147. The fourth-order valence-electron chi connectivity index (χ4n) is 3.22. The lowest BCUT2D eigenvalue weighted by atomic mass is 9.78. The molecule has 3 atom stereocenters. The van der Waals surface area contributed by atoms with Gasteiger partial charge in [0.05, 0.1) is 6.54 Å². The fraction of sp³-hybridized carbons (Fsp3) is 0.909. The molecule has 2 aliphatic rings. The van der Waals surface area contributed by atoms with Crippen LogP contribution in [0.3, 0.4) is 0 Å². The summed E-state index contributed by atoms with van der Waals surface area (Å²) in [5.41, 5.74) is 0. The Balaban J connectivity index is 1.94. The maximum atomic E-state index is 12.3. The lowest BCUT2D eigenvalue weighted by Crippen LogP contribution is -2.37.